The lowest BCUT2D eigenvalue weighted by molar-refractivity contribution is -0.142. The number of esters is 1. The summed E-state index contributed by atoms with van der Waals surface area (Å²) in [5.74, 6) is 6.89. The molecule has 0 bridgehead atoms. The van der Waals surface area contributed by atoms with Crippen LogP contribution in [0.15, 0.2) is 17.2 Å². The molecule has 0 spiro atoms. The number of carbonyl (C=O) groups excluding carboxylic acids is 2. The van der Waals surface area contributed by atoms with Crippen LogP contribution in [0.2, 0.25) is 5.02 Å². The van der Waals surface area contributed by atoms with Gasteiger partial charge in [0.1, 0.15) is 11.3 Å². The maximum absolute atomic E-state index is 12.2. The van der Waals surface area contributed by atoms with E-state index in [2.05, 4.69) is 16.8 Å². The van der Waals surface area contributed by atoms with Crippen molar-refractivity contribution in [3.63, 3.8) is 0 Å². The number of likely N-dealkylation sites (tertiary alicyclic amines) is 1. The first kappa shape index (κ1) is 24.4. The second kappa shape index (κ2) is 11.5. The molecule has 0 aromatic carbocycles. The van der Waals surface area contributed by atoms with E-state index in [-0.39, 0.29) is 18.0 Å². The van der Waals surface area contributed by atoms with Crippen LogP contribution in [0.4, 0.5) is 4.79 Å². The van der Waals surface area contributed by atoms with Gasteiger partial charge in [-0.1, -0.05) is 17.5 Å². The zero-order chi connectivity index (χ0) is 22.1. The molecule has 1 aliphatic rings. The first-order valence-electron chi connectivity index (χ1n) is 10.1. The van der Waals surface area contributed by atoms with Crippen molar-refractivity contribution in [2.75, 3.05) is 25.4 Å². The Morgan fingerprint density at radius 1 is 1.33 bits per heavy atom. The molecule has 1 aromatic rings. The van der Waals surface area contributed by atoms with Gasteiger partial charge in [-0.2, -0.15) is 0 Å². The van der Waals surface area contributed by atoms with E-state index in [0.717, 1.165) is 17.7 Å². The molecule has 0 aliphatic carbocycles. The van der Waals surface area contributed by atoms with Crippen molar-refractivity contribution >= 4 is 35.4 Å². The molecule has 2 heterocycles. The molecule has 1 aliphatic heterocycles. The average molecular weight is 453 g/mol. The number of pyridine rings is 1. The lowest BCUT2D eigenvalue weighted by atomic mass is 9.97. The number of carbonyl (C=O) groups is 2. The molecular weight excluding hydrogens is 424 g/mol. The summed E-state index contributed by atoms with van der Waals surface area (Å²) < 4.78 is 10.4. The summed E-state index contributed by atoms with van der Waals surface area (Å²) >= 11 is 7.94. The van der Waals surface area contributed by atoms with Gasteiger partial charge in [-0.15, -0.1) is 11.8 Å². The Balaban J connectivity index is 1.89. The molecule has 8 heteroatoms. The van der Waals surface area contributed by atoms with Crippen molar-refractivity contribution in [3.05, 3.63) is 23.0 Å². The number of ether oxygens (including phenoxy) is 2. The van der Waals surface area contributed by atoms with E-state index in [1.165, 1.54) is 11.8 Å². The Morgan fingerprint density at radius 2 is 2.03 bits per heavy atom. The summed E-state index contributed by atoms with van der Waals surface area (Å²) in [5, 5.41) is 0.505. The minimum absolute atomic E-state index is 0.182. The molecule has 2 rings (SSSR count). The van der Waals surface area contributed by atoms with Crippen LogP contribution in [0.25, 0.3) is 0 Å². The topological polar surface area (TPSA) is 68.7 Å². The van der Waals surface area contributed by atoms with E-state index in [1.807, 2.05) is 26.8 Å². The number of nitrogens with zero attached hydrogens (tertiary/aromatic N) is 2. The van der Waals surface area contributed by atoms with Gasteiger partial charge in [-0.05, 0) is 52.5 Å². The van der Waals surface area contributed by atoms with Crippen LogP contribution in [0.5, 0.6) is 0 Å². The number of halogens is 1. The lowest BCUT2D eigenvalue weighted by Crippen LogP contribution is -2.41. The maximum atomic E-state index is 12.2. The van der Waals surface area contributed by atoms with Crippen LogP contribution in [-0.4, -0.2) is 53.0 Å². The van der Waals surface area contributed by atoms with Gasteiger partial charge in [0.2, 0.25) is 0 Å². The highest BCUT2D eigenvalue weighted by atomic mass is 35.5. The summed E-state index contributed by atoms with van der Waals surface area (Å²) in [4.78, 5) is 30.5. The average Bonchev–Trinajstić information content (AvgIpc) is 2.67. The molecule has 0 unspecified atom stereocenters. The minimum Gasteiger partial charge on any atom is -0.466 e. The van der Waals surface area contributed by atoms with Crippen LogP contribution in [0.3, 0.4) is 0 Å². The Kier molecular flexibility index (Phi) is 9.32. The van der Waals surface area contributed by atoms with E-state index in [0.29, 0.717) is 42.6 Å². The zero-order valence-corrected chi connectivity index (χ0v) is 19.6. The third kappa shape index (κ3) is 8.08. The minimum atomic E-state index is -0.491. The van der Waals surface area contributed by atoms with Gasteiger partial charge in [0.25, 0.3) is 0 Å². The van der Waals surface area contributed by atoms with Crippen molar-refractivity contribution in [2.45, 2.75) is 57.5 Å². The van der Waals surface area contributed by atoms with Gasteiger partial charge in [0, 0.05) is 35.9 Å². The molecule has 1 saturated heterocycles. The molecule has 30 heavy (non-hydrogen) atoms. The molecule has 0 N–H and O–H groups in total. The van der Waals surface area contributed by atoms with Crippen molar-refractivity contribution < 1.29 is 19.1 Å². The fourth-order valence-electron chi connectivity index (χ4n) is 2.81. The lowest BCUT2D eigenvalue weighted by Gasteiger charge is -2.31. The number of aromatic nitrogens is 1. The van der Waals surface area contributed by atoms with Gasteiger partial charge in [0.15, 0.2) is 0 Å². The smallest absolute Gasteiger partial charge is 0.410 e. The van der Waals surface area contributed by atoms with Gasteiger partial charge in [-0.3, -0.25) is 4.79 Å². The second-order valence-electron chi connectivity index (χ2n) is 7.89. The number of thioether (sulfide) groups is 1. The first-order valence-corrected chi connectivity index (χ1v) is 11.5. The summed E-state index contributed by atoms with van der Waals surface area (Å²) in [6, 6.07) is 1.82. The first-order chi connectivity index (χ1) is 14.2. The number of amides is 1. The number of hydrogen-bond donors (Lipinski definition) is 0. The fraction of sp³-hybridized carbons (Fsp3) is 0.591. The molecule has 164 valence electrons. The van der Waals surface area contributed by atoms with E-state index in [4.69, 9.17) is 21.1 Å². The summed E-state index contributed by atoms with van der Waals surface area (Å²) in [7, 11) is 0. The number of rotatable bonds is 5. The number of piperidine rings is 1. The van der Waals surface area contributed by atoms with Crippen molar-refractivity contribution in [1.29, 1.82) is 0 Å². The quantitative estimate of drug-likeness (QED) is 0.364. The molecule has 1 fully saturated rings. The van der Waals surface area contributed by atoms with E-state index < -0.39 is 5.60 Å². The van der Waals surface area contributed by atoms with Crippen molar-refractivity contribution in [1.82, 2.24) is 9.88 Å². The highest BCUT2D eigenvalue weighted by Crippen LogP contribution is 2.29. The van der Waals surface area contributed by atoms with Crippen LogP contribution >= 0.6 is 23.4 Å². The fourth-order valence-corrected chi connectivity index (χ4v) is 4.00. The molecule has 1 aromatic heterocycles. The van der Waals surface area contributed by atoms with E-state index >= 15 is 0 Å². The molecule has 6 nitrogen and oxygen atoms in total. The maximum Gasteiger partial charge on any atom is 0.410 e. The van der Waals surface area contributed by atoms with Gasteiger partial charge < -0.3 is 14.4 Å². The van der Waals surface area contributed by atoms with Gasteiger partial charge >= 0.3 is 12.1 Å². The predicted molar refractivity (Wildman–Crippen MR) is 119 cm³/mol. The van der Waals surface area contributed by atoms with Crippen molar-refractivity contribution in [2.24, 2.45) is 5.92 Å². The Labute approximate surface area is 188 Å². The standard InChI is InChI=1S/C22H29ClN2O4S/c1-5-28-19(26)11-15-30-18-8-12-24-17(20(18)23)7-6-16-9-13-25(14-10-16)21(27)29-22(2,3)4/h8,12,16H,5,9-11,13-15H2,1-4H3. The van der Waals surface area contributed by atoms with Gasteiger partial charge in [-0.25, -0.2) is 9.78 Å². The highest BCUT2D eigenvalue weighted by Gasteiger charge is 2.26. The Hall–Kier alpha value is -1.91. The molecule has 1 amide bonds. The van der Waals surface area contributed by atoms with Crippen molar-refractivity contribution in [3.8, 4) is 11.8 Å². The molecule has 0 saturated carbocycles. The third-order valence-electron chi connectivity index (χ3n) is 4.26. The Morgan fingerprint density at radius 3 is 2.67 bits per heavy atom. The summed E-state index contributed by atoms with van der Waals surface area (Å²) in [5.41, 5.74) is 0.0440. The predicted octanol–water partition coefficient (Wildman–Crippen LogP) is 4.78. The molecular formula is C22H29ClN2O4S. The Bertz CT molecular complexity index is 806. The van der Waals surface area contributed by atoms with Crippen LogP contribution in [0.1, 0.15) is 52.7 Å². The van der Waals surface area contributed by atoms with E-state index in [1.54, 1.807) is 18.0 Å². The second-order valence-corrected chi connectivity index (χ2v) is 9.40. The monoisotopic (exact) mass is 452 g/mol. The largest absolute Gasteiger partial charge is 0.466 e. The highest BCUT2D eigenvalue weighted by molar-refractivity contribution is 7.99. The zero-order valence-electron chi connectivity index (χ0n) is 18.0. The third-order valence-corrected chi connectivity index (χ3v) is 5.82. The normalized spacial score (nSPS) is 14.6. The van der Waals surface area contributed by atoms with Gasteiger partial charge in [0.05, 0.1) is 18.1 Å². The van der Waals surface area contributed by atoms with Crippen LogP contribution < -0.4 is 0 Å². The van der Waals surface area contributed by atoms with Crippen LogP contribution in [-0.2, 0) is 14.3 Å². The van der Waals surface area contributed by atoms with E-state index in [9.17, 15) is 9.59 Å². The summed E-state index contributed by atoms with van der Waals surface area (Å²) in [6.07, 6.45) is 3.31. The summed E-state index contributed by atoms with van der Waals surface area (Å²) in [6.45, 7) is 9.01. The molecule has 0 atom stereocenters. The SMILES string of the molecule is CCOC(=O)CCSc1ccnc(C#CC2CCN(C(=O)OC(C)(C)C)CC2)c1Cl. The molecule has 0 radical (unpaired) electrons. The number of hydrogen-bond acceptors (Lipinski definition) is 6. The van der Waals surface area contributed by atoms with Crippen LogP contribution in [0, 0.1) is 17.8 Å².